The monoisotopic (exact) mass is 363 g/mol. The number of fused-ring (bicyclic) bond motifs is 1. The molecular formula is C21H21N3O3. The van der Waals surface area contributed by atoms with E-state index in [-0.39, 0.29) is 11.5 Å². The van der Waals surface area contributed by atoms with Crippen molar-refractivity contribution in [2.24, 2.45) is 0 Å². The summed E-state index contributed by atoms with van der Waals surface area (Å²) in [5.41, 5.74) is 4.01. The molecule has 2 heterocycles. The zero-order valence-corrected chi connectivity index (χ0v) is 15.3. The Balaban J connectivity index is 1.66. The highest BCUT2D eigenvalue weighted by Crippen LogP contribution is 2.12. The van der Waals surface area contributed by atoms with E-state index in [0.29, 0.717) is 24.5 Å². The van der Waals surface area contributed by atoms with Crippen LogP contribution < -0.4 is 10.9 Å². The average molecular weight is 363 g/mol. The minimum absolute atomic E-state index is 0.0973. The van der Waals surface area contributed by atoms with Crippen LogP contribution in [0.25, 0.3) is 11.7 Å². The van der Waals surface area contributed by atoms with Gasteiger partial charge in [0.2, 0.25) is 0 Å². The molecule has 0 spiro atoms. The van der Waals surface area contributed by atoms with Crippen molar-refractivity contribution in [2.75, 3.05) is 11.9 Å². The first-order valence-corrected chi connectivity index (χ1v) is 8.73. The summed E-state index contributed by atoms with van der Waals surface area (Å²) in [6.45, 7) is 4.51. The van der Waals surface area contributed by atoms with E-state index < -0.39 is 0 Å². The van der Waals surface area contributed by atoms with Crippen molar-refractivity contribution < 1.29 is 9.53 Å². The van der Waals surface area contributed by atoms with E-state index in [0.717, 1.165) is 16.8 Å². The third-order valence-corrected chi connectivity index (χ3v) is 3.94. The van der Waals surface area contributed by atoms with Crippen molar-refractivity contribution in [1.29, 1.82) is 0 Å². The molecule has 1 aromatic carbocycles. The van der Waals surface area contributed by atoms with Gasteiger partial charge in [-0.1, -0.05) is 18.2 Å². The molecule has 0 fully saturated rings. The Labute approximate surface area is 157 Å². The highest BCUT2D eigenvalue weighted by molar-refractivity contribution is 5.87. The molecule has 0 aliphatic heterocycles. The minimum atomic E-state index is -0.358. The maximum atomic E-state index is 12.2. The topological polar surface area (TPSA) is 72.7 Å². The van der Waals surface area contributed by atoms with Crippen LogP contribution in [0.2, 0.25) is 0 Å². The number of carbonyl (C=O) groups excluding carboxylic acids is 1. The van der Waals surface area contributed by atoms with Crippen LogP contribution in [0.1, 0.15) is 23.7 Å². The molecule has 3 rings (SSSR count). The fourth-order valence-corrected chi connectivity index (χ4v) is 2.61. The van der Waals surface area contributed by atoms with E-state index in [4.69, 9.17) is 4.74 Å². The quantitative estimate of drug-likeness (QED) is 0.538. The van der Waals surface area contributed by atoms with Crippen LogP contribution in [0, 0.1) is 6.92 Å². The summed E-state index contributed by atoms with van der Waals surface area (Å²) in [7, 11) is 0. The summed E-state index contributed by atoms with van der Waals surface area (Å²) in [4.78, 5) is 28.1. The molecule has 0 amide bonds. The van der Waals surface area contributed by atoms with Crippen LogP contribution in [0.4, 0.5) is 5.69 Å². The fraction of sp³-hybridized carbons (Fsp3) is 0.190. The number of aromatic nitrogens is 2. The second kappa shape index (κ2) is 8.31. The molecule has 27 heavy (non-hydrogen) atoms. The first-order valence-electron chi connectivity index (χ1n) is 8.73. The van der Waals surface area contributed by atoms with E-state index in [2.05, 4.69) is 10.3 Å². The van der Waals surface area contributed by atoms with Gasteiger partial charge in [0.25, 0.3) is 5.56 Å². The van der Waals surface area contributed by atoms with Crippen LogP contribution >= 0.6 is 0 Å². The van der Waals surface area contributed by atoms with Crippen molar-refractivity contribution in [1.82, 2.24) is 9.38 Å². The third-order valence-electron chi connectivity index (χ3n) is 3.94. The van der Waals surface area contributed by atoms with Crippen molar-refractivity contribution in [3.8, 4) is 0 Å². The number of rotatable bonds is 6. The minimum Gasteiger partial charge on any atom is -0.463 e. The maximum Gasteiger partial charge on any atom is 0.330 e. The molecule has 2 aromatic heterocycles. The Morgan fingerprint density at radius 1 is 1.22 bits per heavy atom. The molecule has 0 saturated heterocycles. The van der Waals surface area contributed by atoms with Crippen molar-refractivity contribution >= 4 is 23.4 Å². The van der Waals surface area contributed by atoms with Crippen LogP contribution in [0.15, 0.2) is 59.5 Å². The summed E-state index contributed by atoms with van der Waals surface area (Å²) in [6, 6.07) is 12.9. The Morgan fingerprint density at radius 2 is 2.00 bits per heavy atom. The van der Waals surface area contributed by atoms with Gasteiger partial charge in [-0.05, 0) is 49.2 Å². The first kappa shape index (κ1) is 18.4. The van der Waals surface area contributed by atoms with E-state index in [1.807, 2.05) is 43.3 Å². The summed E-state index contributed by atoms with van der Waals surface area (Å²) >= 11 is 0. The third kappa shape index (κ3) is 4.82. The molecular weight excluding hydrogens is 342 g/mol. The van der Waals surface area contributed by atoms with Gasteiger partial charge in [0, 0.05) is 24.0 Å². The standard InChI is InChI=1S/C21H21N3O3/c1-3-27-21(26)11-7-16-5-8-17(9-6-16)22-13-18-12-20(25)24-14-15(2)4-10-19(24)23-18/h4-12,14,22H,3,13H2,1-2H3/b11-7+. The van der Waals surface area contributed by atoms with Gasteiger partial charge in [-0.15, -0.1) is 0 Å². The number of anilines is 1. The number of hydrogen-bond donors (Lipinski definition) is 1. The molecule has 1 N–H and O–H groups in total. The highest BCUT2D eigenvalue weighted by Gasteiger charge is 2.03. The SMILES string of the molecule is CCOC(=O)/C=C/c1ccc(NCc2cc(=O)n3cc(C)ccc3n2)cc1. The summed E-state index contributed by atoms with van der Waals surface area (Å²) in [5, 5.41) is 3.25. The number of nitrogens with one attached hydrogen (secondary N) is 1. The predicted molar refractivity (Wildman–Crippen MR) is 106 cm³/mol. The first-order chi connectivity index (χ1) is 13.0. The molecule has 0 saturated carbocycles. The van der Waals surface area contributed by atoms with E-state index >= 15 is 0 Å². The summed E-state index contributed by atoms with van der Waals surface area (Å²) in [5.74, 6) is -0.358. The molecule has 138 valence electrons. The van der Waals surface area contributed by atoms with Gasteiger partial charge in [-0.25, -0.2) is 9.78 Å². The van der Waals surface area contributed by atoms with Gasteiger partial charge in [0.05, 0.1) is 18.8 Å². The Morgan fingerprint density at radius 3 is 2.74 bits per heavy atom. The predicted octanol–water partition coefficient (Wildman–Crippen LogP) is 3.19. The van der Waals surface area contributed by atoms with E-state index in [9.17, 15) is 9.59 Å². The number of hydrogen-bond acceptors (Lipinski definition) is 5. The zero-order chi connectivity index (χ0) is 19.2. The van der Waals surface area contributed by atoms with Gasteiger partial charge in [-0.3, -0.25) is 9.20 Å². The Bertz CT molecular complexity index is 1040. The number of carbonyl (C=O) groups is 1. The average Bonchev–Trinajstić information content (AvgIpc) is 2.66. The normalized spacial score (nSPS) is 11.0. The summed E-state index contributed by atoms with van der Waals surface area (Å²) in [6.07, 6.45) is 4.89. The van der Waals surface area contributed by atoms with Gasteiger partial charge >= 0.3 is 5.97 Å². The van der Waals surface area contributed by atoms with Gasteiger partial charge < -0.3 is 10.1 Å². The number of pyridine rings is 1. The molecule has 0 aliphatic rings. The van der Waals surface area contributed by atoms with E-state index in [1.54, 1.807) is 23.6 Å². The van der Waals surface area contributed by atoms with Gasteiger partial charge in [0.15, 0.2) is 0 Å². The van der Waals surface area contributed by atoms with Crippen LogP contribution in [0.5, 0.6) is 0 Å². The lowest BCUT2D eigenvalue weighted by molar-refractivity contribution is -0.137. The molecule has 6 nitrogen and oxygen atoms in total. The fourth-order valence-electron chi connectivity index (χ4n) is 2.61. The molecule has 0 unspecified atom stereocenters. The number of nitrogens with zero attached hydrogens (tertiary/aromatic N) is 2. The number of aryl methyl sites for hydroxylation is 1. The molecule has 0 aliphatic carbocycles. The summed E-state index contributed by atoms with van der Waals surface area (Å²) < 4.78 is 6.39. The molecule has 6 heteroatoms. The van der Waals surface area contributed by atoms with Crippen molar-refractivity contribution in [3.05, 3.63) is 81.9 Å². The number of ether oxygens (including phenoxy) is 1. The molecule has 0 radical (unpaired) electrons. The highest BCUT2D eigenvalue weighted by atomic mass is 16.5. The largest absolute Gasteiger partial charge is 0.463 e. The molecule has 0 atom stereocenters. The lowest BCUT2D eigenvalue weighted by Crippen LogP contribution is -2.17. The van der Waals surface area contributed by atoms with Gasteiger partial charge in [0.1, 0.15) is 5.65 Å². The van der Waals surface area contributed by atoms with Gasteiger partial charge in [-0.2, -0.15) is 0 Å². The van der Waals surface area contributed by atoms with Crippen molar-refractivity contribution in [3.63, 3.8) is 0 Å². The second-order valence-electron chi connectivity index (χ2n) is 6.08. The van der Waals surface area contributed by atoms with Crippen LogP contribution in [-0.4, -0.2) is 22.0 Å². The zero-order valence-electron chi connectivity index (χ0n) is 15.3. The van der Waals surface area contributed by atoms with Crippen LogP contribution in [0.3, 0.4) is 0 Å². The van der Waals surface area contributed by atoms with E-state index in [1.165, 1.54) is 12.1 Å². The Kier molecular flexibility index (Phi) is 5.66. The van der Waals surface area contributed by atoms with Crippen LogP contribution in [-0.2, 0) is 16.1 Å². The molecule has 3 aromatic rings. The number of benzene rings is 1. The maximum absolute atomic E-state index is 12.2. The lowest BCUT2D eigenvalue weighted by Gasteiger charge is -2.08. The van der Waals surface area contributed by atoms with Crippen molar-refractivity contribution in [2.45, 2.75) is 20.4 Å². The lowest BCUT2D eigenvalue weighted by atomic mass is 10.2. The smallest absolute Gasteiger partial charge is 0.330 e. The second-order valence-corrected chi connectivity index (χ2v) is 6.08. The molecule has 0 bridgehead atoms. The number of esters is 1. The Hall–Kier alpha value is -3.41.